The minimum atomic E-state index is 0.725. The fourth-order valence-electron chi connectivity index (χ4n) is 1.92. The predicted molar refractivity (Wildman–Crippen MR) is 82.5 cm³/mol. The van der Waals surface area contributed by atoms with Gasteiger partial charge in [-0.3, -0.25) is 4.98 Å². The average molecular weight is 311 g/mol. The molecule has 7 heteroatoms. The molecule has 0 unspecified atom stereocenters. The highest BCUT2D eigenvalue weighted by molar-refractivity contribution is 7.99. The summed E-state index contributed by atoms with van der Waals surface area (Å²) in [5, 5.41) is 13.9. The Balaban J connectivity index is 1.77. The molecule has 0 radical (unpaired) electrons. The Hall–Kier alpha value is -2.25. The van der Waals surface area contributed by atoms with Crippen LogP contribution in [0.1, 0.15) is 0 Å². The number of thiazole rings is 1. The highest BCUT2D eigenvalue weighted by Crippen LogP contribution is 2.27. The Bertz CT molecular complexity index is 871. The van der Waals surface area contributed by atoms with Gasteiger partial charge in [0.25, 0.3) is 0 Å². The first-order valence-corrected chi connectivity index (χ1v) is 7.94. The topological polar surface area (TPSA) is 56.0 Å². The van der Waals surface area contributed by atoms with E-state index in [0.29, 0.717) is 0 Å². The van der Waals surface area contributed by atoms with Gasteiger partial charge in [-0.2, -0.15) is 9.61 Å². The first kappa shape index (κ1) is 12.5. The van der Waals surface area contributed by atoms with Gasteiger partial charge in [0.1, 0.15) is 5.03 Å². The maximum Gasteiger partial charge on any atom is 0.196 e. The van der Waals surface area contributed by atoms with E-state index in [2.05, 4.69) is 32.4 Å². The Labute approximate surface area is 128 Å². The number of nitrogens with zero attached hydrogens (tertiary/aromatic N) is 5. The lowest BCUT2D eigenvalue weighted by molar-refractivity contribution is 0.862. The Morgan fingerprint density at radius 3 is 2.71 bits per heavy atom. The molecule has 102 valence electrons. The smallest absolute Gasteiger partial charge is 0.196 e. The third kappa shape index (κ3) is 2.41. The normalized spacial score (nSPS) is 11.0. The Kier molecular flexibility index (Phi) is 3.13. The van der Waals surface area contributed by atoms with Gasteiger partial charge >= 0.3 is 0 Å². The minimum Gasteiger partial charge on any atom is -0.252 e. The summed E-state index contributed by atoms with van der Waals surface area (Å²) < 4.78 is 1.76. The lowest BCUT2D eigenvalue weighted by atomic mass is 10.4. The maximum absolute atomic E-state index is 4.62. The molecule has 0 saturated carbocycles. The molecule has 21 heavy (non-hydrogen) atoms. The summed E-state index contributed by atoms with van der Waals surface area (Å²) in [4.78, 5) is 6.18. The van der Waals surface area contributed by atoms with Crippen LogP contribution in [0.4, 0.5) is 0 Å². The van der Waals surface area contributed by atoms with Crippen LogP contribution in [0.15, 0.2) is 64.1 Å². The predicted octanol–water partition coefficient (Wildman–Crippen LogP) is 3.40. The third-order valence-electron chi connectivity index (χ3n) is 2.86. The van der Waals surface area contributed by atoms with E-state index >= 15 is 0 Å². The molecular formula is C14H9N5S2. The van der Waals surface area contributed by atoms with Crippen molar-refractivity contribution in [1.82, 2.24) is 24.8 Å². The van der Waals surface area contributed by atoms with Crippen LogP contribution < -0.4 is 0 Å². The van der Waals surface area contributed by atoms with E-state index < -0.39 is 0 Å². The van der Waals surface area contributed by atoms with E-state index in [0.717, 1.165) is 26.3 Å². The van der Waals surface area contributed by atoms with E-state index in [-0.39, 0.29) is 0 Å². The summed E-state index contributed by atoms with van der Waals surface area (Å²) in [7, 11) is 0. The van der Waals surface area contributed by atoms with Gasteiger partial charge in [0, 0.05) is 11.1 Å². The summed E-state index contributed by atoms with van der Waals surface area (Å²) in [6.07, 6.45) is 1.78. The van der Waals surface area contributed by atoms with Crippen LogP contribution in [-0.2, 0) is 0 Å². The number of hydrogen-bond acceptors (Lipinski definition) is 6. The highest BCUT2D eigenvalue weighted by Gasteiger charge is 2.11. The second-order valence-electron chi connectivity index (χ2n) is 4.25. The van der Waals surface area contributed by atoms with Crippen LogP contribution in [0.5, 0.6) is 0 Å². The molecule has 1 aromatic carbocycles. The van der Waals surface area contributed by atoms with Crippen molar-refractivity contribution in [2.75, 3.05) is 0 Å². The van der Waals surface area contributed by atoms with Crippen molar-refractivity contribution < 1.29 is 0 Å². The molecule has 0 aliphatic heterocycles. The second-order valence-corrected chi connectivity index (χ2v) is 6.23. The van der Waals surface area contributed by atoms with Crippen LogP contribution >= 0.6 is 23.1 Å². The zero-order valence-corrected chi connectivity index (χ0v) is 12.4. The van der Waals surface area contributed by atoms with E-state index in [1.54, 1.807) is 28.0 Å². The number of fused-ring (bicyclic) bond motifs is 1. The number of aromatic nitrogens is 5. The summed E-state index contributed by atoms with van der Waals surface area (Å²) >= 11 is 3.14. The van der Waals surface area contributed by atoms with E-state index in [4.69, 9.17) is 0 Å². The van der Waals surface area contributed by atoms with Gasteiger partial charge < -0.3 is 0 Å². The largest absolute Gasteiger partial charge is 0.252 e. The first-order valence-electron chi connectivity index (χ1n) is 6.24. The molecule has 0 atom stereocenters. The number of hydrogen-bond donors (Lipinski definition) is 0. The lowest BCUT2D eigenvalue weighted by Crippen LogP contribution is -1.95. The molecule has 0 aliphatic rings. The highest BCUT2D eigenvalue weighted by atomic mass is 32.2. The van der Waals surface area contributed by atoms with Crippen molar-refractivity contribution in [2.45, 2.75) is 9.92 Å². The van der Waals surface area contributed by atoms with Crippen LogP contribution in [0.3, 0.4) is 0 Å². The van der Waals surface area contributed by atoms with E-state index in [9.17, 15) is 0 Å². The second kappa shape index (κ2) is 5.27. The quantitative estimate of drug-likeness (QED) is 0.580. The fourth-order valence-corrected chi connectivity index (χ4v) is 3.30. The Morgan fingerprint density at radius 1 is 1.00 bits per heavy atom. The summed E-state index contributed by atoms with van der Waals surface area (Å²) in [5.74, 6) is 0.725. The Morgan fingerprint density at radius 2 is 1.90 bits per heavy atom. The number of rotatable bonds is 3. The standard InChI is InChI=1S/C14H9N5S2/c1-2-4-10(5-3-1)21-13-7-6-12-16-17-14(19(12)18-13)11-8-15-9-20-11/h1-9H. The van der Waals surface area contributed by atoms with Crippen molar-refractivity contribution in [1.29, 1.82) is 0 Å². The number of benzene rings is 1. The SMILES string of the molecule is c1ccc(Sc2ccc3nnc(-c4cncs4)n3n2)cc1. The van der Waals surface area contributed by atoms with Gasteiger partial charge in [-0.05, 0) is 24.3 Å². The molecule has 5 nitrogen and oxygen atoms in total. The fraction of sp³-hybridized carbons (Fsp3) is 0. The van der Waals surface area contributed by atoms with Crippen LogP contribution in [0.25, 0.3) is 16.3 Å². The molecule has 0 spiro atoms. The molecule has 3 aromatic heterocycles. The van der Waals surface area contributed by atoms with Crippen molar-refractivity contribution in [3.63, 3.8) is 0 Å². The van der Waals surface area contributed by atoms with Gasteiger partial charge in [0.2, 0.25) is 0 Å². The van der Waals surface area contributed by atoms with E-state index in [1.807, 2.05) is 30.3 Å². The van der Waals surface area contributed by atoms with Crippen LogP contribution in [0.2, 0.25) is 0 Å². The zero-order chi connectivity index (χ0) is 14.1. The van der Waals surface area contributed by atoms with Gasteiger partial charge in [0.15, 0.2) is 11.5 Å². The average Bonchev–Trinajstić information content (AvgIpc) is 3.16. The summed E-state index contributed by atoms with van der Waals surface area (Å²) in [5.41, 5.74) is 2.51. The van der Waals surface area contributed by atoms with Crippen LogP contribution in [0, 0.1) is 0 Å². The van der Waals surface area contributed by atoms with Crippen LogP contribution in [-0.4, -0.2) is 24.8 Å². The molecule has 4 aromatic rings. The third-order valence-corrected chi connectivity index (χ3v) is 4.56. The monoisotopic (exact) mass is 311 g/mol. The maximum atomic E-state index is 4.62. The van der Waals surface area contributed by atoms with Gasteiger partial charge in [-0.15, -0.1) is 21.5 Å². The molecule has 0 aliphatic carbocycles. The first-order chi connectivity index (χ1) is 10.4. The molecule has 0 N–H and O–H groups in total. The molecular weight excluding hydrogens is 302 g/mol. The summed E-state index contributed by atoms with van der Waals surface area (Å²) in [6, 6.07) is 14.0. The zero-order valence-electron chi connectivity index (χ0n) is 10.7. The minimum absolute atomic E-state index is 0.725. The van der Waals surface area contributed by atoms with Gasteiger partial charge in [0.05, 0.1) is 10.4 Å². The molecule has 0 amide bonds. The van der Waals surface area contributed by atoms with Gasteiger partial charge in [-0.1, -0.05) is 30.0 Å². The molecule has 0 bridgehead atoms. The summed E-state index contributed by atoms with van der Waals surface area (Å²) in [6.45, 7) is 0. The van der Waals surface area contributed by atoms with Gasteiger partial charge in [-0.25, -0.2) is 0 Å². The van der Waals surface area contributed by atoms with E-state index in [1.165, 1.54) is 11.3 Å². The molecule has 3 heterocycles. The molecule has 4 rings (SSSR count). The van der Waals surface area contributed by atoms with Crippen molar-refractivity contribution in [3.8, 4) is 10.7 Å². The molecule has 0 fully saturated rings. The van der Waals surface area contributed by atoms with Crippen molar-refractivity contribution >= 4 is 28.7 Å². The van der Waals surface area contributed by atoms with Crippen molar-refractivity contribution in [2.24, 2.45) is 0 Å². The molecule has 0 saturated heterocycles. The lowest BCUT2D eigenvalue weighted by Gasteiger charge is -2.02. The van der Waals surface area contributed by atoms with Crippen molar-refractivity contribution in [3.05, 3.63) is 54.2 Å².